The smallest absolute Gasteiger partial charge is 0.179 e. The summed E-state index contributed by atoms with van der Waals surface area (Å²) in [5.41, 5.74) is 1.25. The van der Waals surface area contributed by atoms with Crippen LogP contribution < -0.4 is 9.47 Å². The summed E-state index contributed by atoms with van der Waals surface area (Å²) in [6, 6.07) is 9.93. The predicted molar refractivity (Wildman–Crippen MR) is 129 cm³/mol. The fourth-order valence-corrected chi connectivity index (χ4v) is 4.77. The van der Waals surface area contributed by atoms with Crippen molar-refractivity contribution in [3.8, 4) is 22.9 Å². The van der Waals surface area contributed by atoms with Crippen molar-refractivity contribution < 1.29 is 23.8 Å². The molecule has 0 aliphatic heterocycles. The van der Waals surface area contributed by atoms with E-state index >= 15 is 0 Å². The number of nitrogens with zero attached hydrogens (tertiary/aromatic N) is 3. The van der Waals surface area contributed by atoms with E-state index in [1.165, 1.54) is 31.6 Å². The minimum Gasteiger partial charge on any atom is -0.493 e. The summed E-state index contributed by atoms with van der Waals surface area (Å²) in [5, 5.41) is 17.9. The predicted octanol–water partition coefficient (Wildman–Crippen LogP) is 5.42. The van der Waals surface area contributed by atoms with Gasteiger partial charge in [0.2, 0.25) is 0 Å². The van der Waals surface area contributed by atoms with Crippen molar-refractivity contribution in [2.24, 2.45) is 0 Å². The molecule has 0 aliphatic rings. The fourth-order valence-electron chi connectivity index (χ4n) is 3.81. The molecule has 1 atom stereocenters. The molecule has 34 heavy (non-hydrogen) atoms. The molecular weight excluding hydrogens is 457 g/mol. The molecule has 0 radical (unpaired) electrons. The Morgan fingerprint density at radius 3 is 2.74 bits per heavy atom. The van der Waals surface area contributed by atoms with Crippen LogP contribution in [0.15, 0.2) is 41.8 Å². The Balaban J connectivity index is 1.54. The van der Waals surface area contributed by atoms with Crippen molar-refractivity contribution in [2.45, 2.75) is 38.8 Å². The first-order valence-corrected chi connectivity index (χ1v) is 11.9. The van der Waals surface area contributed by atoms with Crippen LogP contribution in [0.3, 0.4) is 0 Å². The first kappa shape index (κ1) is 23.8. The molecular formula is C25H26FN3O4S. The minimum atomic E-state index is -1.01. The summed E-state index contributed by atoms with van der Waals surface area (Å²) in [7, 11) is 3.04. The number of aliphatic hydroxyl groups excluding tert-OH is 1. The van der Waals surface area contributed by atoms with Crippen molar-refractivity contribution in [1.82, 2.24) is 14.8 Å². The van der Waals surface area contributed by atoms with Crippen molar-refractivity contribution >= 4 is 27.2 Å². The largest absolute Gasteiger partial charge is 0.493 e. The number of ketones is 1. The zero-order chi connectivity index (χ0) is 24.2. The number of methoxy groups -OCH3 is 2. The summed E-state index contributed by atoms with van der Waals surface area (Å²) in [6.45, 7) is 2.63. The zero-order valence-corrected chi connectivity index (χ0v) is 20.1. The number of carbonyl (C=O) groups is 1. The molecule has 0 fully saturated rings. The normalized spacial score (nSPS) is 12.1. The molecule has 9 heteroatoms. The lowest BCUT2D eigenvalue weighted by Gasteiger charge is -2.10. The van der Waals surface area contributed by atoms with E-state index in [2.05, 4.69) is 10.1 Å². The van der Waals surface area contributed by atoms with Crippen molar-refractivity contribution in [2.75, 3.05) is 14.2 Å². The summed E-state index contributed by atoms with van der Waals surface area (Å²) in [6.07, 6.45) is 0.0885. The average Bonchev–Trinajstić information content (AvgIpc) is 3.47. The van der Waals surface area contributed by atoms with Crippen LogP contribution in [-0.4, -0.2) is 39.9 Å². The average molecular weight is 484 g/mol. The Kier molecular flexibility index (Phi) is 7.23. The molecule has 0 bridgehead atoms. The van der Waals surface area contributed by atoms with Gasteiger partial charge in [-0.25, -0.2) is 14.1 Å². The maximum absolute atomic E-state index is 14.2. The molecule has 4 rings (SSSR count). The number of aromatic nitrogens is 3. The molecule has 4 aromatic rings. The maximum atomic E-state index is 14.2. The number of carbonyl (C=O) groups excluding carboxylic acids is 1. The lowest BCUT2D eigenvalue weighted by atomic mass is 10.0. The Morgan fingerprint density at radius 2 is 2.00 bits per heavy atom. The third-order valence-electron chi connectivity index (χ3n) is 5.56. The molecule has 7 nitrogen and oxygen atoms in total. The lowest BCUT2D eigenvalue weighted by Crippen LogP contribution is -2.07. The zero-order valence-electron chi connectivity index (χ0n) is 19.2. The molecule has 2 heterocycles. The number of rotatable bonds is 10. The van der Waals surface area contributed by atoms with E-state index < -0.39 is 6.10 Å². The van der Waals surface area contributed by atoms with Gasteiger partial charge in [-0.1, -0.05) is 19.1 Å². The van der Waals surface area contributed by atoms with Crippen LogP contribution >= 0.6 is 11.3 Å². The van der Waals surface area contributed by atoms with Gasteiger partial charge in [0.25, 0.3) is 0 Å². The van der Waals surface area contributed by atoms with Gasteiger partial charge in [0.1, 0.15) is 11.9 Å². The van der Waals surface area contributed by atoms with Crippen LogP contribution in [0.2, 0.25) is 0 Å². The molecule has 2 aromatic carbocycles. The Bertz CT molecular complexity index is 1320. The Labute approximate surface area is 200 Å². The van der Waals surface area contributed by atoms with Gasteiger partial charge >= 0.3 is 0 Å². The van der Waals surface area contributed by atoms with Crippen LogP contribution in [0.1, 0.15) is 48.5 Å². The van der Waals surface area contributed by atoms with E-state index in [0.29, 0.717) is 34.1 Å². The van der Waals surface area contributed by atoms with Gasteiger partial charge in [0.15, 0.2) is 28.9 Å². The van der Waals surface area contributed by atoms with Gasteiger partial charge in [0, 0.05) is 34.9 Å². The standard InChI is InChI=1S/C25H26FN3O4S/c1-4-12-29-25(17-14-34-23-16(17)6-5-7-18(23)26)27-24(28-29)20(31)10-9-19(30)15-8-11-21(32-2)22(13-15)33-3/h5-8,11,13-14,20,31H,4,9-10,12H2,1-3H3. The van der Waals surface area contributed by atoms with Gasteiger partial charge in [-0.15, -0.1) is 11.3 Å². The molecule has 0 aliphatic carbocycles. The number of ether oxygens (including phenoxy) is 2. The minimum absolute atomic E-state index is 0.112. The van der Waals surface area contributed by atoms with E-state index in [9.17, 15) is 14.3 Å². The molecule has 178 valence electrons. The quantitative estimate of drug-likeness (QED) is 0.303. The number of Topliss-reactive ketones (excluding diaryl/α,β-unsaturated/α-hetero) is 1. The fraction of sp³-hybridized carbons (Fsp3) is 0.320. The van der Waals surface area contributed by atoms with Crippen molar-refractivity contribution in [1.29, 1.82) is 0 Å². The lowest BCUT2D eigenvalue weighted by molar-refractivity contribution is 0.0934. The second kappa shape index (κ2) is 10.3. The van der Waals surface area contributed by atoms with E-state index in [-0.39, 0.29) is 30.3 Å². The highest BCUT2D eigenvalue weighted by Crippen LogP contribution is 2.35. The van der Waals surface area contributed by atoms with Crippen LogP contribution in [0.5, 0.6) is 11.5 Å². The van der Waals surface area contributed by atoms with Gasteiger partial charge in [0.05, 0.1) is 18.9 Å². The molecule has 0 saturated heterocycles. The summed E-state index contributed by atoms with van der Waals surface area (Å²) in [5.74, 6) is 1.44. The highest BCUT2D eigenvalue weighted by molar-refractivity contribution is 7.17. The van der Waals surface area contributed by atoms with E-state index in [4.69, 9.17) is 9.47 Å². The van der Waals surface area contributed by atoms with Crippen LogP contribution in [-0.2, 0) is 6.54 Å². The molecule has 0 saturated carbocycles. The van der Waals surface area contributed by atoms with Crippen molar-refractivity contribution in [3.63, 3.8) is 0 Å². The molecule has 0 amide bonds. The monoisotopic (exact) mass is 483 g/mol. The van der Waals surface area contributed by atoms with Crippen LogP contribution in [0.4, 0.5) is 4.39 Å². The van der Waals surface area contributed by atoms with Crippen LogP contribution in [0, 0.1) is 5.82 Å². The van der Waals surface area contributed by atoms with E-state index in [1.54, 1.807) is 28.9 Å². The van der Waals surface area contributed by atoms with Gasteiger partial charge in [-0.3, -0.25) is 4.79 Å². The Hall–Kier alpha value is -3.30. The molecule has 1 unspecified atom stereocenters. The summed E-state index contributed by atoms with van der Waals surface area (Å²) in [4.78, 5) is 17.3. The topological polar surface area (TPSA) is 86.5 Å². The third-order valence-corrected chi connectivity index (χ3v) is 6.57. The van der Waals surface area contributed by atoms with Gasteiger partial charge < -0.3 is 14.6 Å². The number of hydrogen-bond donors (Lipinski definition) is 1. The number of benzene rings is 2. The second-order valence-electron chi connectivity index (χ2n) is 7.83. The second-order valence-corrected chi connectivity index (χ2v) is 8.71. The number of thiophene rings is 1. The summed E-state index contributed by atoms with van der Waals surface area (Å²) < 4.78 is 27.0. The molecule has 0 spiro atoms. The number of aliphatic hydroxyl groups is 1. The Morgan fingerprint density at radius 1 is 1.21 bits per heavy atom. The number of halogens is 1. The molecule has 2 aromatic heterocycles. The van der Waals surface area contributed by atoms with E-state index in [0.717, 1.165) is 17.4 Å². The highest BCUT2D eigenvalue weighted by atomic mass is 32.1. The maximum Gasteiger partial charge on any atom is 0.179 e. The summed E-state index contributed by atoms with van der Waals surface area (Å²) >= 11 is 1.31. The first-order chi connectivity index (χ1) is 16.5. The number of hydrogen-bond acceptors (Lipinski definition) is 7. The highest BCUT2D eigenvalue weighted by Gasteiger charge is 2.22. The van der Waals surface area contributed by atoms with Gasteiger partial charge in [-0.05, 0) is 37.1 Å². The van der Waals surface area contributed by atoms with Crippen molar-refractivity contribution in [3.05, 3.63) is 59.0 Å². The third kappa shape index (κ3) is 4.67. The van der Waals surface area contributed by atoms with E-state index in [1.807, 2.05) is 18.4 Å². The number of fused-ring (bicyclic) bond motifs is 1. The number of aryl methyl sites for hydroxylation is 1. The molecule has 1 N–H and O–H groups in total. The van der Waals surface area contributed by atoms with Gasteiger partial charge in [-0.2, -0.15) is 5.10 Å². The first-order valence-electron chi connectivity index (χ1n) is 11.0. The van der Waals surface area contributed by atoms with Crippen LogP contribution in [0.25, 0.3) is 21.5 Å². The SMILES string of the molecule is CCCn1nc(C(O)CCC(=O)c2ccc(OC)c(OC)c2)nc1-c1csc2c(F)cccc12.